The molecule has 0 saturated heterocycles. The molecule has 0 spiro atoms. The fraction of sp³-hybridized carbons (Fsp3) is 0.200. The molecule has 1 heterocycles. The number of para-hydroxylation sites is 1. The summed E-state index contributed by atoms with van der Waals surface area (Å²) in [6.45, 7) is 1.14. The van der Waals surface area contributed by atoms with Crippen LogP contribution in [-0.4, -0.2) is 34.7 Å². The quantitative estimate of drug-likeness (QED) is 0.597. The van der Waals surface area contributed by atoms with E-state index >= 15 is 0 Å². The predicted octanol–water partition coefficient (Wildman–Crippen LogP) is 2.36. The Morgan fingerprint density at radius 1 is 1.04 bits per heavy atom. The third-order valence-corrected chi connectivity index (χ3v) is 3.67. The molecule has 0 aliphatic rings. The maximum atomic E-state index is 12.0. The van der Waals surface area contributed by atoms with Gasteiger partial charge in [-0.25, -0.2) is 4.79 Å². The lowest BCUT2D eigenvalue weighted by Gasteiger charge is -2.13. The number of ether oxygens (including phenoxy) is 2. The summed E-state index contributed by atoms with van der Waals surface area (Å²) in [6, 6.07) is 17.3. The van der Waals surface area contributed by atoms with E-state index in [-0.39, 0.29) is 19.1 Å². The number of hydrogen-bond donors (Lipinski definition) is 1. The van der Waals surface area contributed by atoms with Crippen molar-refractivity contribution in [3.05, 3.63) is 66.6 Å². The van der Waals surface area contributed by atoms with Crippen LogP contribution in [-0.2, 0) is 20.9 Å². The number of esters is 1. The number of hydrogen-bond acceptors (Lipinski definition) is 7. The molecule has 0 bridgehead atoms. The van der Waals surface area contributed by atoms with E-state index in [1.54, 1.807) is 24.3 Å². The Bertz CT molecular complexity index is 912. The average molecular weight is 381 g/mol. The largest absolute Gasteiger partial charge is 0.484 e. The minimum Gasteiger partial charge on any atom is -0.484 e. The second-order valence-electron chi connectivity index (χ2n) is 5.87. The van der Waals surface area contributed by atoms with Crippen molar-refractivity contribution >= 4 is 11.9 Å². The van der Waals surface area contributed by atoms with E-state index in [4.69, 9.17) is 13.9 Å². The van der Waals surface area contributed by atoms with Gasteiger partial charge in [-0.2, -0.15) is 0 Å². The van der Waals surface area contributed by atoms with Crippen molar-refractivity contribution in [2.45, 2.75) is 19.6 Å². The number of aromatic nitrogens is 2. The average Bonchev–Trinajstić information content (AvgIpc) is 3.21. The molecule has 3 aromatic rings. The van der Waals surface area contributed by atoms with Gasteiger partial charge in [0, 0.05) is 5.56 Å². The minimum absolute atomic E-state index is 0.165. The third-order valence-electron chi connectivity index (χ3n) is 3.67. The number of rotatable bonds is 8. The highest BCUT2D eigenvalue weighted by atomic mass is 16.5. The SMILES string of the molecule is C[C@@H](NC(=O)COc1ccccc1)C(=O)OCc1nnc(-c2ccccc2)o1. The first kappa shape index (κ1) is 19.1. The predicted molar refractivity (Wildman–Crippen MR) is 99.1 cm³/mol. The Labute approximate surface area is 161 Å². The topological polar surface area (TPSA) is 104 Å². The summed E-state index contributed by atoms with van der Waals surface area (Å²) in [5, 5.41) is 10.3. The van der Waals surface area contributed by atoms with Crippen molar-refractivity contribution in [1.29, 1.82) is 0 Å². The zero-order chi connectivity index (χ0) is 19.8. The van der Waals surface area contributed by atoms with Crippen LogP contribution in [0.15, 0.2) is 65.1 Å². The Balaban J connectivity index is 1.43. The Morgan fingerprint density at radius 3 is 2.43 bits per heavy atom. The van der Waals surface area contributed by atoms with Gasteiger partial charge in [-0.15, -0.1) is 10.2 Å². The second-order valence-corrected chi connectivity index (χ2v) is 5.87. The summed E-state index contributed by atoms with van der Waals surface area (Å²) in [5.41, 5.74) is 0.770. The zero-order valence-corrected chi connectivity index (χ0v) is 15.2. The molecule has 1 atom stereocenters. The zero-order valence-electron chi connectivity index (χ0n) is 15.2. The highest BCUT2D eigenvalue weighted by Gasteiger charge is 2.19. The third kappa shape index (κ3) is 5.41. The molecule has 1 N–H and O–H groups in total. The van der Waals surface area contributed by atoms with Crippen LogP contribution < -0.4 is 10.1 Å². The number of nitrogens with zero attached hydrogens (tertiary/aromatic N) is 2. The molecular weight excluding hydrogens is 362 g/mol. The number of carbonyl (C=O) groups is 2. The standard InChI is InChI=1S/C20H19N3O5/c1-14(21-17(24)12-26-16-10-6-3-7-11-16)20(25)27-13-18-22-23-19(28-18)15-8-4-2-5-9-15/h2-11,14H,12-13H2,1H3,(H,21,24)/t14-/m1/s1. The molecule has 8 heteroatoms. The van der Waals surface area contributed by atoms with Gasteiger partial charge in [0.15, 0.2) is 13.2 Å². The van der Waals surface area contributed by atoms with Crippen LogP contribution in [0.5, 0.6) is 5.75 Å². The van der Waals surface area contributed by atoms with E-state index in [0.29, 0.717) is 11.6 Å². The van der Waals surface area contributed by atoms with E-state index < -0.39 is 17.9 Å². The maximum Gasteiger partial charge on any atom is 0.328 e. The molecule has 1 aromatic heterocycles. The molecule has 3 rings (SSSR count). The molecule has 2 aromatic carbocycles. The summed E-state index contributed by atoms with van der Waals surface area (Å²) >= 11 is 0. The summed E-state index contributed by atoms with van der Waals surface area (Å²) in [6.07, 6.45) is 0. The van der Waals surface area contributed by atoms with Gasteiger partial charge in [-0.3, -0.25) is 4.79 Å². The van der Waals surface area contributed by atoms with Gasteiger partial charge >= 0.3 is 5.97 Å². The Morgan fingerprint density at radius 2 is 1.71 bits per heavy atom. The Kier molecular flexibility index (Phi) is 6.35. The van der Waals surface area contributed by atoms with Crippen molar-refractivity contribution in [1.82, 2.24) is 15.5 Å². The van der Waals surface area contributed by atoms with Crippen molar-refractivity contribution < 1.29 is 23.5 Å². The van der Waals surface area contributed by atoms with E-state index in [1.165, 1.54) is 6.92 Å². The number of benzene rings is 2. The Hall–Kier alpha value is -3.68. The normalized spacial score (nSPS) is 11.5. The molecule has 28 heavy (non-hydrogen) atoms. The van der Waals surface area contributed by atoms with Gasteiger partial charge in [0.05, 0.1) is 0 Å². The van der Waals surface area contributed by atoms with Gasteiger partial charge in [0.25, 0.3) is 11.8 Å². The maximum absolute atomic E-state index is 12.0. The lowest BCUT2D eigenvalue weighted by atomic mass is 10.2. The van der Waals surface area contributed by atoms with Crippen molar-refractivity contribution in [3.63, 3.8) is 0 Å². The molecule has 144 valence electrons. The molecule has 8 nitrogen and oxygen atoms in total. The van der Waals surface area contributed by atoms with Gasteiger partial charge in [-0.05, 0) is 31.2 Å². The molecule has 1 amide bonds. The molecule has 0 aliphatic carbocycles. The van der Waals surface area contributed by atoms with Crippen LogP contribution in [0.2, 0.25) is 0 Å². The van der Waals surface area contributed by atoms with E-state index in [0.717, 1.165) is 5.56 Å². The second kappa shape index (κ2) is 9.31. The van der Waals surface area contributed by atoms with Crippen molar-refractivity contribution in [2.75, 3.05) is 6.61 Å². The van der Waals surface area contributed by atoms with E-state index in [1.807, 2.05) is 36.4 Å². The summed E-state index contributed by atoms with van der Waals surface area (Å²) in [4.78, 5) is 23.9. The first-order valence-corrected chi connectivity index (χ1v) is 8.63. The van der Waals surface area contributed by atoms with Gasteiger partial charge in [0.1, 0.15) is 11.8 Å². The number of carbonyl (C=O) groups excluding carboxylic acids is 2. The first-order valence-electron chi connectivity index (χ1n) is 8.63. The molecule has 0 unspecified atom stereocenters. The summed E-state index contributed by atoms with van der Waals surface area (Å²) in [7, 11) is 0. The van der Waals surface area contributed by atoms with Gasteiger partial charge < -0.3 is 19.2 Å². The fourth-order valence-corrected chi connectivity index (χ4v) is 2.27. The smallest absolute Gasteiger partial charge is 0.328 e. The lowest BCUT2D eigenvalue weighted by molar-refractivity contribution is -0.149. The molecule has 0 fully saturated rings. The number of nitrogens with one attached hydrogen (secondary N) is 1. The molecule has 0 saturated carbocycles. The van der Waals surface area contributed by atoms with E-state index in [2.05, 4.69) is 15.5 Å². The first-order chi connectivity index (χ1) is 13.6. The monoisotopic (exact) mass is 381 g/mol. The minimum atomic E-state index is -0.844. The van der Waals surface area contributed by atoms with Crippen LogP contribution in [0.25, 0.3) is 11.5 Å². The van der Waals surface area contributed by atoms with Crippen molar-refractivity contribution in [2.24, 2.45) is 0 Å². The fourth-order valence-electron chi connectivity index (χ4n) is 2.27. The van der Waals surface area contributed by atoms with Crippen LogP contribution in [0.1, 0.15) is 12.8 Å². The summed E-state index contributed by atoms with van der Waals surface area (Å²) < 4.78 is 15.9. The van der Waals surface area contributed by atoms with Crippen LogP contribution in [0.3, 0.4) is 0 Å². The molecule has 0 aliphatic heterocycles. The lowest BCUT2D eigenvalue weighted by Crippen LogP contribution is -2.41. The van der Waals surface area contributed by atoms with Gasteiger partial charge in [-0.1, -0.05) is 36.4 Å². The molecule has 0 radical (unpaired) electrons. The highest BCUT2D eigenvalue weighted by Crippen LogP contribution is 2.17. The van der Waals surface area contributed by atoms with Crippen molar-refractivity contribution in [3.8, 4) is 17.2 Å². The van der Waals surface area contributed by atoms with E-state index in [9.17, 15) is 9.59 Å². The summed E-state index contributed by atoms with van der Waals surface area (Å²) in [5.74, 6) is 0.0210. The highest BCUT2D eigenvalue weighted by molar-refractivity contribution is 5.84. The number of amides is 1. The van der Waals surface area contributed by atoms with Crippen LogP contribution in [0, 0.1) is 0 Å². The van der Waals surface area contributed by atoms with Gasteiger partial charge in [0.2, 0.25) is 5.89 Å². The van der Waals surface area contributed by atoms with Crippen LogP contribution >= 0.6 is 0 Å². The van der Waals surface area contributed by atoms with Crippen LogP contribution in [0.4, 0.5) is 0 Å². The molecular formula is C20H19N3O5.